The lowest BCUT2D eigenvalue weighted by Crippen LogP contribution is -2.16. The van der Waals surface area contributed by atoms with E-state index in [9.17, 15) is 8.42 Å². The van der Waals surface area contributed by atoms with Crippen LogP contribution in [0, 0.1) is 0 Å². The Bertz CT molecular complexity index is 820. The molecule has 2 rings (SSSR count). The van der Waals surface area contributed by atoms with Crippen LogP contribution in [-0.2, 0) is 21.3 Å². The van der Waals surface area contributed by atoms with Crippen molar-refractivity contribution in [3.05, 3.63) is 23.5 Å². The molecule has 0 N–H and O–H groups in total. The van der Waals surface area contributed by atoms with E-state index in [1.165, 1.54) is 10.9 Å². The summed E-state index contributed by atoms with van der Waals surface area (Å²) in [6.07, 6.45) is 7.10. The van der Waals surface area contributed by atoms with E-state index in [1.807, 2.05) is 0 Å². The molecule has 140 valence electrons. The summed E-state index contributed by atoms with van der Waals surface area (Å²) in [6, 6.07) is 3.29. The van der Waals surface area contributed by atoms with Crippen molar-refractivity contribution in [2.75, 3.05) is 36.9 Å². The molecule has 0 saturated carbocycles. The standard InChI is InChI=1S/C15H23ClN4O3S2/c1-5-24(2,3)9-8-23-11-20-15(25(4,21)22)18-14(19-20)12-6-7-13(16)17-10-12/h6-7,10H,5,8-9,11H2,1-4H3. The van der Waals surface area contributed by atoms with Crippen LogP contribution in [0.4, 0.5) is 0 Å². The van der Waals surface area contributed by atoms with Crippen LogP contribution in [0.3, 0.4) is 0 Å². The van der Waals surface area contributed by atoms with Gasteiger partial charge in [-0.05, 0) is 30.4 Å². The molecule has 25 heavy (non-hydrogen) atoms. The van der Waals surface area contributed by atoms with Crippen molar-refractivity contribution in [2.24, 2.45) is 0 Å². The Morgan fingerprint density at radius 3 is 2.52 bits per heavy atom. The SMILES string of the molecule is CCS(C)(C)CCOCn1nc(-c2ccc(Cl)nc2)nc1S(C)(=O)=O. The van der Waals surface area contributed by atoms with Crippen LogP contribution in [0.1, 0.15) is 6.92 Å². The highest BCUT2D eigenvalue weighted by Gasteiger charge is 2.20. The number of rotatable bonds is 8. The minimum atomic E-state index is -3.53. The molecule has 0 bridgehead atoms. The van der Waals surface area contributed by atoms with Crippen molar-refractivity contribution in [2.45, 2.75) is 18.8 Å². The van der Waals surface area contributed by atoms with Gasteiger partial charge in [-0.2, -0.15) is 4.98 Å². The molecule has 0 unspecified atom stereocenters. The van der Waals surface area contributed by atoms with Gasteiger partial charge in [-0.25, -0.2) is 28.1 Å². The highest BCUT2D eigenvalue weighted by Crippen LogP contribution is 2.38. The fourth-order valence-corrected chi connectivity index (χ4v) is 3.59. The fraction of sp³-hybridized carbons (Fsp3) is 0.533. The van der Waals surface area contributed by atoms with Crippen molar-refractivity contribution in [3.63, 3.8) is 0 Å². The van der Waals surface area contributed by atoms with Gasteiger partial charge >= 0.3 is 0 Å². The number of aromatic nitrogens is 4. The minimum absolute atomic E-state index is 0.0374. The molecule has 0 aliphatic heterocycles. The molecule has 0 saturated heterocycles. The second kappa shape index (κ2) is 8.03. The quantitative estimate of drug-likeness (QED) is 0.494. The number of halogens is 1. The van der Waals surface area contributed by atoms with Crippen LogP contribution in [0.25, 0.3) is 11.4 Å². The predicted octanol–water partition coefficient (Wildman–Crippen LogP) is 2.46. The first-order chi connectivity index (χ1) is 11.6. The van der Waals surface area contributed by atoms with Crippen LogP contribution >= 0.6 is 21.6 Å². The maximum absolute atomic E-state index is 12.0. The lowest BCUT2D eigenvalue weighted by atomic mass is 10.3. The largest absolute Gasteiger partial charge is 0.358 e. The zero-order chi connectivity index (χ0) is 18.7. The normalized spacial score (nSPS) is 13.2. The number of pyridine rings is 1. The second-order valence-electron chi connectivity index (χ2n) is 6.16. The summed E-state index contributed by atoms with van der Waals surface area (Å²) in [7, 11) is -4.19. The van der Waals surface area contributed by atoms with Crippen molar-refractivity contribution in [1.29, 1.82) is 0 Å². The van der Waals surface area contributed by atoms with E-state index in [4.69, 9.17) is 16.3 Å². The first kappa shape index (κ1) is 20.2. The summed E-state index contributed by atoms with van der Waals surface area (Å²) < 4.78 is 30.9. The van der Waals surface area contributed by atoms with Gasteiger partial charge in [0.2, 0.25) is 15.0 Å². The summed E-state index contributed by atoms with van der Waals surface area (Å²) in [5, 5.41) is 4.47. The third-order valence-corrected chi connectivity index (χ3v) is 7.75. The zero-order valence-corrected chi connectivity index (χ0v) is 17.2. The van der Waals surface area contributed by atoms with Crippen molar-refractivity contribution in [3.8, 4) is 11.4 Å². The summed E-state index contributed by atoms with van der Waals surface area (Å²) in [5.74, 6) is 2.36. The summed E-state index contributed by atoms with van der Waals surface area (Å²) in [4.78, 5) is 8.10. The van der Waals surface area contributed by atoms with Gasteiger partial charge in [0.1, 0.15) is 11.9 Å². The summed E-state index contributed by atoms with van der Waals surface area (Å²) in [6.45, 7) is 2.76. The lowest BCUT2D eigenvalue weighted by molar-refractivity contribution is 0.0737. The molecule has 0 radical (unpaired) electrons. The molecule has 2 heterocycles. The first-order valence-electron chi connectivity index (χ1n) is 7.65. The second-order valence-corrected chi connectivity index (χ2v) is 13.0. The molecule has 10 heteroatoms. The zero-order valence-electron chi connectivity index (χ0n) is 14.8. The maximum atomic E-state index is 12.0. The predicted molar refractivity (Wildman–Crippen MR) is 102 cm³/mol. The topological polar surface area (TPSA) is 87.0 Å². The average molecular weight is 407 g/mol. The monoisotopic (exact) mass is 406 g/mol. The van der Waals surface area contributed by atoms with Gasteiger partial charge in [0.05, 0.1) is 6.61 Å². The first-order valence-corrected chi connectivity index (χ1v) is 12.7. The number of sulfone groups is 1. The molecule has 0 aliphatic carbocycles. The van der Waals surface area contributed by atoms with Gasteiger partial charge in [0, 0.05) is 23.8 Å². The van der Waals surface area contributed by atoms with Crippen molar-refractivity contribution >= 4 is 31.5 Å². The van der Waals surface area contributed by atoms with Crippen molar-refractivity contribution < 1.29 is 13.2 Å². The third kappa shape index (κ3) is 5.67. The number of hydrogen-bond acceptors (Lipinski definition) is 6. The molecule has 0 fully saturated rings. The molecule has 2 aromatic heterocycles. The van der Waals surface area contributed by atoms with E-state index in [0.717, 1.165) is 17.8 Å². The molecule has 0 atom stereocenters. The molecule has 0 aromatic carbocycles. The van der Waals surface area contributed by atoms with Crippen LogP contribution in [0.2, 0.25) is 5.15 Å². The average Bonchev–Trinajstić information content (AvgIpc) is 2.97. The van der Waals surface area contributed by atoms with Gasteiger partial charge in [0.15, 0.2) is 5.82 Å². The minimum Gasteiger partial charge on any atom is -0.358 e. The molecule has 0 amide bonds. The Hall–Kier alpha value is -1.16. The Balaban J connectivity index is 2.17. The molecule has 0 spiro atoms. The Morgan fingerprint density at radius 2 is 1.96 bits per heavy atom. The third-order valence-electron chi connectivity index (χ3n) is 3.73. The smallest absolute Gasteiger partial charge is 0.248 e. The summed E-state index contributed by atoms with van der Waals surface area (Å²) in [5.41, 5.74) is 0.588. The van der Waals surface area contributed by atoms with E-state index in [0.29, 0.717) is 17.3 Å². The van der Waals surface area contributed by atoms with Gasteiger partial charge < -0.3 is 4.74 Å². The van der Waals surface area contributed by atoms with Gasteiger partial charge in [-0.1, -0.05) is 18.5 Å². The van der Waals surface area contributed by atoms with Crippen LogP contribution in [-0.4, -0.2) is 65.0 Å². The van der Waals surface area contributed by atoms with E-state index >= 15 is 0 Å². The number of hydrogen-bond donors (Lipinski definition) is 0. The maximum Gasteiger partial charge on any atom is 0.248 e. The molecule has 0 aliphatic rings. The van der Waals surface area contributed by atoms with Crippen LogP contribution < -0.4 is 0 Å². The highest BCUT2D eigenvalue weighted by atomic mass is 35.5. The Labute approximate surface area is 155 Å². The van der Waals surface area contributed by atoms with Gasteiger partial charge in [0.25, 0.3) is 0 Å². The van der Waals surface area contributed by atoms with Crippen LogP contribution in [0.15, 0.2) is 23.5 Å². The number of ether oxygens (including phenoxy) is 1. The van der Waals surface area contributed by atoms with E-state index in [-0.39, 0.29) is 17.7 Å². The Morgan fingerprint density at radius 1 is 1.24 bits per heavy atom. The molecular formula is C15H23ClN4O3S2. The van der Waals surface area contributed by atoms with E-state index in [2.05, 4.69) is 34.5 Å². The van der Waals surface area contributed by atoms with Crippen molar-refractivity contribution in [1.82, 2.24) is 19.7 Å². The van der Waals surface area contributed by atoms with Gasteiger partial charge in [-0.15, -0.1) is 5.10 Å². The lowest BCUT2D eigenvalue weighted by Gasteiger charge is -2.29. The molecule has 2 aromatic rings. The van der Waals surface area contributed by atoms with Crippen LogP contribution in [0.5, 0.6) is 0 Å². The van der Waals surface area contributed by atoms with E-state index in [1.54, 1.807) is 12.1 Å². The Kier molecular flexibility index (Phi) is 6.47. The molecular weight excluding hydrogens is 384 g/mol. The molecule has 7 nitrogen and oxygen atoms in total. The van der Waals surface area contributed by atoms with Gasteiger partial charge in [-0.3, -0.25) is 0 Å². The number of nitrogens with zero attached hydrogens (tertiary/aromatic N) is 4. The fourth-order valence-electron chi connectivity index (χ4n) is 1.90. The van der Waals surface area contributed by atoms with E-state index < -0.39 is 19.9 Å². The summed E-state index contributed by atoms with van der Waals surface area (Å²) >= 11 is 5.77. The highest BCUT2D eigenvalue weighted by molar-refractivity contribution is 8.32.